The summed E-state index contributed by atoms with van der Waals surface area (Å²) >= 11 is 0. The van der Waals surface area contributed by atoms with Crippen molar-refractivity contribution in [3.8, 4) is 11.1 Å². The van der Waals surface area contributed by atoms with Crippen molar-refractivity contribution < 1.29 is 0 Å². The van der Waals surface area contributed by atoms with Crippen LogP contribution in [0.5, 0.6) is 0 Å². The highest BCUT2D eigenvalue weighted by atomic mass is 15.2. The van der Waals surface area contributed by atoms with Gasteiger partial charge in [0.2, 0.25) is 0 Å². The molecule has 0 radical (unpaired) electrons. The largest absolute Gasteiger partial charge is 0.310 e. The van der Waals surface area contributed by atoms with Crippen LogP contribution in [-0.4, -0.2) is 0 Å². The molecule has 0 aromatic heterocycles. The molecule has 0 saturated carbocycles. The van der Waals surface area contributed by atoms with Crippen molar-refractivity contribution in [1.29, 1.82) is 0 Å². The molecule has 0 atom stereocenters. The summed E-state index contributed by atoms with van der Waals surface area (Å²) in [5.41, 5.74) is 14.9. The third kappa shape index (κ3) is 4.20. The zero-order valence-corrected chi connectivity index (χ0v) is 23.3. The fourth-order valence-corrected chi connectivity index (χ4v) is 6.42. The lowest BCUT2D eigenvalue weighted by molar-refractivity contribution is 0.977. The maximum absolute atomic E-state index is 2.42. The summed E-state index contributed by atoms with van der Waals surface area (Å²) < 4.78 is 0. The minimum Gasteiger partial charge on any atom is -0.310 e. The van der Waals surface area contributed by atoms with Crippen LogP contribution in [0.3, 0.4) is 0 Å². The van der Waals surface area contributed by atoms with Crippen LogP contribution in [0.4, 0.5) is 34.1 Å². The van der Waals surface area contributed by atoms with Crippen molar-refractivity contribution in [3.05, 3.63) is 168 Å². The number of para-hydroxylation sites is 4. The summed E-state index contributed by atoms with van der Waals surface area (Å²) in [6, 6.07) is 52.8. The summed E-state index contributed by atoms with van der Waals surface area (Å²) in [4.78, 5) is 4.79. The van der Waals surface area contributed by atoms with Gasteiger partial charge in [-0.1, -0.05) is 109 Å². The Kier molecular flexibility index (Phi) is 5.97. The number of benzene rings is 6. The molecule has 0 saturated heterocycles. The molecule has 2 heterocycles. The number of nitrogens with zero attached hydrogens (tertiary/aromatic N) is 2. The van der Waals surface area contributed by atoms with Gasteiger partial charge in [0.25, 0.3) is 0 Å². The molecule has 6 aromatic rings. The highest BCUT2D eigenvalue weighted by Crippen LogP contribution is 2.44. The van der Waals surface area contributed by atoms with Gasteiger partial charge in [-0.2, -0.15) is 0 Å². The lowest BCUT2D eigenvalue weighted by Gasteiger charge is -2.28. The first-order valence-electron chi connectivity index (χ1n) is 14.7. The Morgan fingerprint density at radius 3 is 1.14 bits per heavy atom. The topological polar surface area (TPSA) is 6.48 Å². The van der Waals surface area contributed by atoms with E-state index >= 15 is 0 Å². The van der Waals surface area contributed by atoms with E-state index < -0.39 is 0 Å². The van der Waals surface area contributed by atoms with E-state index in [0.717, 1.165) is 18.5 Å². The number of fused-ring (bicyclic) bond motifs is 4. The smallest absolute Gasteiger partial charge is 0.0534 e. The number of anilines is 6. The summed E-state index contributed by atoms with van der Waals surface area (Å²) in [5, 5.41) is 0. The maximum Gasteiger partial charge on any atom is 0.0534 e. The second-order valence-corrected chi connectivity index (χ2v) is 11.0. The average Bonchev–Trinajstić information content (AvgIpc) is 3.33. The van der Waals surface area contributed by atoms with Crippen LogP contribution in [-0.2, 0) is 12.8 Å². The molecule has 0 fully saturated rings. The van der Waals surface area contributed by atoms with Crippen molar-refractivity contribution in [2.75, 3.05) is 9.80 Å². The standard InChI is InChI=1S/C40H30N2/c1-5-13-37-31(9-1)17-18-32-10-2-6-14-38(32)41(37)35-25-21-29(22-26-35)30-23-27-36(28-24-30)42-39-15-7-3-11-33(39)19-20-34-12-4-8-16-40(34)42/h1-18,21-28H,19-20H2. The van der Waals surface area contributed by atoms with Gasteiger partial charge in [-0.3, -0.25) is 0 Å². The van der Waals surface area contributed by atoms with Crippen molar-refractivity contribution >= 4 is 46.3 Å². The van der Waals surface area contributed by atoms with E-state index in [-0.39, 0.29) is 0 Å². The minimum atomic E-state index is 1.05. The van der Waals surface area contributed by atoms with Crippen LogP contribution in [0.15, 0.2) is 146 Å². The van der Waals surface area contributed by atoms with Crippen LogP contribution in [0.1, 0.15) is 22.3 Å². The predicted molar refractivity (Wildman–Crippen MR) is 178 cm³/mol. The molecule has 2 nitrogen and oxygen atoms in total. The number of hydrogen-bond donors (Lipinski definition) is 0. The lowest BCUT2D eigenvalue weighted by Crippen LogP contribution is -2.11. The molecule has 0 amide bonds. The van der Waals surface area contributed by atoms with Crippen molar-refractivity contribution in [2.24, 2.45) is 0 Å². The summed E-state index contributed by atoms with van der Waals surface area (Å²) in [7, 11) is 0. The number of rotatable bonds is 3. The Morgan fingerprint density at radius 1 is 0.333 bits per heavy atom. The van der Waals surface area contributed by atoms with E-state index in [1.807, 2.05) is 0 Å². The predicted octanol–water partition coefficient (Wildman–Crippen LogP) is 10.9. The van der Waals surface area contributed by atoms with Crippen molar-refractivity contribution in [1.82, 2.24) is 0 Å². The molecule has 0 bridgehead atoms. The van der Waals surface area contributed by atoms with Gasteiger partial charge < -0.3 is 9.80 Å². The molecule has 0 aliphatic carbocycles. The van der Waals surface area contributed by atoms with E-state index in [1.54, 1.807) is 0 Å². The molecule has 200 valence electrons. The summed E-state index contributed by atoms with van der Waals surface area (Å²) in [6.45, 7) is 0. The Bertz CT molecular complexity index is 1790. The summed E-state index contributed by atoms with van der Waals surface area (Å²) in [6.07, 6.45) is 6.53. The fraction of sp³-hybridized carbons (Fsp3) is 0.0500. The molecule has 42 heavy (non-hydrogen) atoms. The SMILES string of the molecule is C1=Cc2ccccc2N(c2ccc(-c3ccc(N4c5ccccc5CCc5ccccc54)cc3)cc2)c2ccccc21. The Morgan fingerprint density at radius 2 is 0.690 bits per heavy atom. The van der Waals surface area contributed by atoms with Gasteiger partial charge in [0.1, 0.15) is 0 Å². The zero-order valence-electron chi connectivity index (χ0n) is 23.3. The highest BCUT2D eigenvalue weighted by molar-refractivity contribution is 5.93. The van der Waals surface area contributed by atoms with Gasteiger partial charge in [-0.05, 0) is 94.8 Å². The molecule has 2 heteroatoms. The second-order valence-electron chi connectivity index (χ2n) is 11.0. The molecule has 8 rings (SSSR count). The van der Waals surface area contributed by atoms with E-state index in [2.05, 4.69) is 168 Å². The van der Waals surface area contributed by atoms with Gasteiger partial charge >= 0.3 is 0 Å². The molecular weight excluding hydrogens is 508 g/mol. The van der Waals surface area contributed by atoms with Gasteiger partial charge in [0, 0.05) is 22.7 Å². The molecule has 0 spiro atoms. The van der Waals surface area contributed by atoms with Crippen LogP contribution in [0.25, 0.3) is 23.3 Å². The van der Waals surface area contributed by atoms with Crippen LogP contribution >= 0.6 is 0 Å². The Labute approximate surface area is 247 Å². The second kappa shape index (κ2) is 10.2. The molecule has 6 aromatic carbocycles. The van der Waals surface area contributed by atoms with Gasteiger partial charge in [0.05, 0.1) is 11.4 Å². The van der Waals surface area contributed by atoms with Crippen molar-refractivity contribution in [3.63, 3.8) is 0 Å². The molecule has 2 aliphatic rings. The first-order valence-corrected chi connectivity index (χ1v) is 14.7. The van der Waals surface area contributed by atoms with E-state index in [0.29, 0.717) is 0 Å². The number of aryl methyl sites for hydroxylation is 2. The van der Waals surface area contributed by atoms with E-state index in [9.17, 15) is 0 Å². The molecule has 2 aliphatic heterocycles. The molecule has 0 N–H and O–H groups in total. The van der Waals surface area contributed by atoms with E-state index in [4.69, 9.17) is 0 Å². The lowest BCUT2D eigenvalue weighted by atomic mass is 10.0. The Hall–Kier alpha value is -5.34. The van der Waals surface area contributed by atoms with E-state index in [1.165, 1.54) is 61.8 Å². The van der Waals surface area contributed by atoms with Crippen LogP contribution < -0.4 is 9.80 Å². The highest BCUT2D eigenvalue weighted by Gasteiger charge is 2.22. The van der Waals surface area contributed by atoms with Crippen LogP contribution in [0, 0.1) is 0 Å². The van der Waals surface area contributed by atoms with Gasteiger partial charge in [0.15, 0.2) is 0 Å². The van der Waals surface area contributed by atoms with Gasteiger partial charge in [-0.15, -0.1) is 0 Å². The van der Waals surface area contributed by atoms with Crippen LogP contribution in [0.2, 0.25) is 0 Å². The van der Waals surface area contributed by atoms with Gasteiger partial charge in [-0.25, -0.2) is 0 Å². The quantitative estimate of drug-likeness (QED) is 0.221. The fourth-order valence-electron chi connectivity index (χ4n) is 6.42. The normalized spacial score (nSPS) is 13.3. The first kappa shape index (κ1) is 24.5. The Balaban J connectivity index is 1.15. The summed E-state index contributed by atoms with van der Waals surface area (Å²) in [5.74, 6) is 0. The number of hydrogen-bond acceptors (Lipinski definition) is 2. The monoisotopic (exact) mass is 538 g/mol. The maximum atomic E-state index is 2.42. The first-order chi connectivity index (χ1) is 20.8. The average molecular weight is 539 g/mol. The zero-order chi connectivity index (χ0) is 27.9. The molecule has 0 unspecified atom stereocenters. The third-order valence-corrected chi connectivity index (χ3v) is 8.51. The minimum absolute atomic E-state index is 1.05. The van der Waals surface area contributed by atoms with Crippen molar-refractivity contribution in [2.45, 2.75) is 12.8 Å². The third-order valence-electron chi connectivity index (χ3n) is 8.51. The molecular formula is C40H30N2.